The Labute approximate surface area is 143 Å². The van der Waals surface area contributed by atoms with E-state index in [0.29, 0.717) is 5.56 Å². The summed E-state index contributed by atoms with van der Waals surface area (Å²) in [7, 11) is 0. The van der Waals surface area contributed by atoms with Gasteiger partial charge in [0.25, 0.3) is 5.91 Å². The fourth-order valence-corrected chi connectivity index (χ4v) is 3.27. The first kappa shape index (κ1) is 14.7. The normalized spacial score (nSPS) is 10.9. The maximum Gasteiger partial charge on any atom is 0.255 e. The quantitative estimate of drug-likeness (QED) is 0.563. The second-order valence-electron chi connectivity index (χ2n) is 5.62. The lowest BCUT2D eigenvalue weighted by molar-refractivity contribution is 0.102. The third-order valence-electron chi connectivity index (χ3n) is 3.78. The Hall–Kier alpha value is -2.92. The highest BCUT2D eigenvalue weighted by molar-refractivity contribution is 7.13. The maximum absolute atomic E-state index is 12.4. The Morgan fingerprint density at radius 1 is 1.12 bits per heavy atom. The van der Waals surface area contributed by atoms with Crippen molar-refractivity contribution < 1.29 is 4.79 Å². The molecule has 2 heterocycles. The number of rotatable bonds is 3. The fraction of sp³-hybridized carbons (Fsp3) is 0.0526. The van der Waals surface area contributed by atoms with Gasteiger partial charge in [-0.15, -0.1) is 11.3 Å². The molecule has 0 fully saturated rings. The largest absolute Gasteiger partial charge is 0.337 e. The molecule has 0 spiro atoms. The van der Waals surface area contributed by atoms with Crippen LogP contribution in [0, 0.1) is 6.92 Å². The standard InChI is InChI=1S/C19H15N3OS/c1-12-4-2-5-13(10-12)19(23)20-14-7-8-15-16(11-14)22-18(21-15)17-6-3-9-24-17/h2-11H,1H3,(H,20,23)(H,21,22). The van der Waals surface area contributed by atoms with Crippen molar-refractivity contribution in [3.05, 3.63) is 71.1 Å². The molecule has 2 aromatic carbocycles. The predicted molar refractivity (Wildman–Crippen MR) is 98.5 cm³/mol. The molecular weight excluding hydrogens is 318 g/mol. The predicted octanol–water partition coefficient (Wildman–Crippen LogP) is 4.85. The Balaban J connectivity index is 1.62. The Kier molecular flexibility index (Phi) is 3.63. The van der Waals surface area contributed by atoms with Gasteiger partial charge in [-0.25, -0.2) is 4.98 Å². The van der Waals surface area contributed by atoms with Crippen molar-refractivity contribution in [2.45, 2.75) is 6.92 Å². The van der Waals surface area contributed by atoms with Crippen LogP contribution < -0.4 is 5.32 Å². The van der Waals surface area contributed by atoms with Crippen LogP contribution in [0.5, 0.6) is 0 Å². The van der Waals surface area contributed by atoms with E-state index in [4.69, 9.17) is 0 Å². The number of aromatic amines is 1. The first-order valence-electron chi connectivity index (χ1n) is 7.61. The number of H-pyrrole nitrogens is 1. The number of imidazole rings is 1. The van der Waals surface area contributed by atoms with Crippen molar-refractivity contribution in [3.63, 3.8) is 0 Å². The van der Waals surface area contributed by atoms with Crippen LogP contribution in [0.3, 0.4) is 0 Å². The van der Waals surface area contributed by atoms with Crippen LogP contribution in [0.15, 0.2) is 60.0 Å². The number of hydrogen-bond acceptors (Lipinski definition) is 3. The highest BCUT2D eigenvalue weighted by atomic mass is 32.1. The molecule has 4 rings (SSSR count). The van der Waals surface area contributed by atoms with Crippen molar-refractivity contribution in [1.29, 1.82) is 0 Å². The summed E-state index contributed by atoms with van der Waals surface area (Å²) in [6, 6.07) is 17.3. The number of carbonyl (C=O) groups is 1. The lowest BCUT2D eigenvalue weighted by atomic mass is 10.1. The number of thiophene rings is 1. The van der Waals surface area contributed by atoms with E-state index in [1.807, 2.05) is 66.9 Å². The lowest BCUT2D eigenvalue weighted by Gasteiger charge is -2.05. The van der Waals surface area contributed by atoms with Gasteiger partial charge in [-0.1, -0.05) is 23.8 Å². The molecule has 0 unspecified atom stereocenters. The Bertz CT molecular complexity index is 1020. The van der Waals surface area contributed by atoms with Gasteiger partial charge in [-0.05, 0) is 48.7 Å². The van der Waals surface area contributed by atoms with Gasteiger partial charge in [0.2, 0.25) is 0 Å². The highest BCUT2D eigenvalue weighted by Gasteiger charge is 2.09. The summed E-state index contributed by atoms with van der Waals surface area (Å²) in [6.07, 6.45) is 0. The molecule has 4 nitrogen and oxygen atoms in total. The minimum atomic E-state index is -0.118. The first-order chi connectivity index (χ1) is 11.7. The third-order valence-corrected chi connectivity index (χ3v) is 4.65. The third kappa shape index (κ3) is 2.81. The average molecular weight is 333 g/mol. The van der Waals surface area contributed by atoms with E-state index in [2.05, 4.69) is 15.3 Å². The summed E-state index contributed by atoms with van der Waals surface area (Å²) < 4.78 is 0. The highest BCUT2D eigenvalue weighted by Crippen LogP contribution is 2.26. The molecule has 4 aromatic rings. The van der Waals surface area contributed by atoms with Crippen molar-refractivity contribution in [2.24, 2.45) is 0 Å². The van der Waals surface area contributed by atoms with E-state index in [1.165, 1.54) is 0 Å². The zero-order valence-electron chi connectivity index (χ0n) is 13.0. The summed E-state index contributed by atoms with van der Waals surface area (Å²) in [5, 5.41) is 4.96. The number of carbonyl (C=O) groups excluding carboxylic acids is 1. The smallest absolute Gasteiger partial charge is 0.255 e. The number of aryl methyl sites for hydroxylation is 1. The number of benzene rings is 2. The minimum absolute atomic E-state index is 0.118. The monoisotopic (exact) mass is 333 g/mol. The van der Waals surface area contributed by atoms with Crippen molar-refractivity contribution in [1.82, 2.24) is 9.97 Å². The molecule has 24 heavy (non-hydrogen) atoms. The number of anilines is 1. The van der Waals surface area contributed by atoms with Gasteiger partial charge in [0.1, 0.15) is 5.82 Å². The van der Waals surface area contributed by atoms with Crippen LogP contribution in [0.2, 0.25) is 0 Å². The summed E-state index contributed by atoms with van der Waals surface area (Å²) in [5.74, 6) is 0.731. The van der Waals surface area contributed by atoms with Crippen LogP contribution in [0.1, 0.15) is 15.9 Å². The molecular formula is C19H15N3OS. The SMILES string of the molecule is Cc1cccc(C(=O)Nc2ccc3[nH]c(-c4cccs4)nc3c2)c1. The first-order valence-corrected chi connectivity index (χ1v) is 8.49. The van der Waals surface area contributed by atoms with Gasteiger partial charge in [-0.2, -0.15) is 0 Å². The molecule has 0 radical (unpaired) electrons. The van der Waals surface area contributed by atoms with Gasteiger partial charge >= 0.3 is 0 Å². The molecule has 2 N–H and O–H groups in total. The van der Waals surface area contributed by atoms with Crippen molar-refractivity contribution in [3.8, 4) is 10.7 Å². The van der Waals surface area contributed by atoms with E-state index in [0.717, 1.165) is 33.0 Å². The van der Waals surface area contributed by atoms with Crippen molar-refractivity contribution >= 4 is 34.0 Å². The van der Waals surface area contributed by atoms with Crippen molar-refractivity contribution in [2.75, 3.05) is 5.32 Å². The minimum Gasteiger partial charge on any atom is -0.337 e. The molecule has 0 saturated heterocycles. The average Bonchev–Trinajstić information content (AvgIpc) is 3.23. The van der Waals surface area contributed by atoms with Crippen LogP contribution in [-0.2, 0) is 0 Å². The molecule has 2 aromatic heterocycles. The molecule has 0 aliphatic rings. The van der Waals surface area contributed by atoms with Gasteiger partial charge in [0, 0.05) is 11.3 Å². The summed E-state index contributed by atoms with van der Waals surface area (Å²) in [6.45, 7) is 1.97. The number of amides is 1. The van der Waals surface area contributed by atoms with Crippen LogP contribution in [0.4, 0.5) is 5.69 Å². The van der Waals surface area contributed by atoms with E-state index in [9.17, 15) is 4.79 Å². The fourth-order valence-electron chi connectivity index (χ4n) is 2.60. The molecule has 118 valence electrons. The molecule has 0 saturated carbocycles. The number of fused-ring (bicyclic) bond motifs is 1. The van der Waals surface area contributed by atoms with Crippen LogP contribution in [0.25, 0.3) is 21.7 Å². The number of nitrogens with one attached hydrogen (secondary N) is 2. The Morgan fingerprint density at radius 3 is 2.83 bits per heavy atom. The summed E-state index contributed by atoms with van der Waals surface area (Å²) in [5.41, 5.74) is 4.23. The number of hydrogen-bond donors (Lipinski definition) is 2. The molecule has 0 aliphatic carbocycles. The maximum atomic E-state index is 12.4. The van der Waals surface area contributed by atoms with E-state index >= 15 is 0 Å². The number of aromatic nitrogens is 2. The second-order valence-corrected chi connectivity index (χ2v) is 6.57. The number of nitrogens with zero attached hydrogens (tertiary/aromatic N) is 1. The van der Waals surface area contributed by atoms with E-state index in [1.54, 1.807) is 11.3 Å². The lowest BCUT2D eigenvalue weighted by Crippen LogP contribution is -2.11. The molecule has 0 atom stereocenters. The molecule has 5 heteroatoms. The van der Waals surface area contributed by atoms with Crippen LogP contribution >= 0.6 is 11.3 Å². The summed E-state index contributed by atoms with van der Waals surface area (Å²) >= 11 is 1.64. The zero-order valence-corrected chi connectivity index (χ0v) is 13.9. The second kappa shape index (κ2) is 5.94. The van der Waals surface area contributed by atoms with E-state index in [-0.39, 0.29) is 5.91 Å². The van der Waals surface area contributed by atoms with Gasteiger partial charge in [0.05, 0.1) is 15.9 Å². The van der Waals surface area contributed by atoms with E-state index < -0.39 is 0 Å². The molecule has 0 bridgehead atoms. The molecule has 0 aliphatic heterocycles. The van der Waals surface area contributed by atoms with Gasteiger partial charge < -0.3 is 10.3 Å². The summed E-state index contributed by atoms with van der Waals surface area (Å²) in [4.78, 5) is 21.4. The van der Waals surface area contributed by atoms with Gasteiger partial charge in [0.15, 0.2) is 0 Å². The zero-order chi connectivity index (χ0) is 16.5. The Morgan fingerprint density at radius 2 is 2.04 bits per heavy atom. The van der Waals surface area contributed by atoms with Gasteiger partial charge in [-0.3, -0.25) is 4.79 Å². The molecule has 1 amide bonds. The van der Waals surface area contributed by atoms with Crippen LogP contribution in [-0.4, -0.2) is 15.9 Å². The topological polar surface area (TPSA) is 57.8 Å².